The fraction of sp³-hybridized carbons (Fsp3) is 0.122. The number of nitrogens with zero attached hydrogens (tertiary/aromatic N) is 2. The highest BCUT2D eigenvalue weighted by Gasteiger charge is 2.32. The van der Waals surface area contributed by atoms with E-state index in [0.717, 1.165) is 53.0 Å². The lowest BCUT2D eigenvalue weighted by Gasteiger charge is -2.21. The number of thiophene rings is 1. The highest BCUT2D eigenvalue weighted by Crippen LogP contribution is 2.47. The van der Waals surface area contributed by atoms with E-state index >= 15 is 0 Å². The fourth-order valence-corrected chi connectivity index (χ4v) is 8.90. The van der Waals surface area contributed by atoms with Gasteiger partial charge in [0.1, 0.15) is 17.2 Å². The molecule has 2 aliphatic rings. The molecule has 0 bridgehead atoms. The first-order chi connectivity index (χ1) is 22.3. The summed E-state index contributed by atoms with van der Waals surface area (Å²) in [4.78, 5) is 11.0. The number of benzene rings is 5. The molecule has 0 saturated heterocycles. The zero-order valence-corrected chi connectivity index (χ0v) is 25.4. The minimum absolute atomic E-state index is 0.0261. The lowest BCUT2D eigenvalue weighted by molar-refractivity contribution is 0.512. The van der Waals surface area contributed by atoms with Crippen LogP contribution in [-0.4, -0.2) is 9.97 Å². The van der Waals surface area contributed by atoms with E-state index in [1.54, 1.807) is 0 Å². The molecule has 0 amide bonds. The Bertz CT molecular complexity index is 2500. The molecule has 2 aliphatic carbocycles. The van der Waals surface area contributed by atoms with Crippen LogP contribution in [-0.2, 0) is 6.42 Å². The molecule has 214 valence electrons. The van der Waals surface area contributed by atoms with Crippen LogP contribution in [0.5, 0.6) is 0 Å². The second-order valence-corrected chi connectivity index (χ2v) is 13.4. The van der Waals surface area contributed by atoms with Gasteiger partial charge in [0.15, 0.2) is 0 Å². The molecule has 3 heterocycles. The molecule has 0 aliphatic heterocycles. The monoisotopic (exact) mass is 596 g/mol. The van der Waals surface area contributed by atoms with Crippen LogP contribution >= 0.6 is 11.3 Å². The summed E-state index contributed by atoms with van der Waals surface area (Å²) in [5, 5.41) is 4.94. The van der Waals surface area contributed by atoms with Crippen LogP contribution in [0.15, 0.2) is 120 Å². The fourth-order valence-electron chi connectivity index (χ4n) is 7.72. The molecular weight excluding hydrogens is 569 g/mol. The topological polar surface area (TPSA) is 38.9 Å². The number of allylic oxidation sites excluding steroid dienone is 1. The maximum absolute atomic E-state index is 6.62. The van der Waals surface area contributed by atoms with E-state index < -0.39 is 0 Å². The van der Waals surface area contributed by atoms with Crippen molar-refractivity contribution in [2.45, 2.75) is 31.1 Å². The van der Waals surface area contributed by atoms with Crippen molar-refractivity contribution >= 4 is 59.5 Å². The normalized spacial score (nSPS) is 17.4. The quantitative estimate of drug-likeness (QED) is 0.199. The van der Waals surface area contributed by atoms with E-state index in [-0.39, 0.29) is 11.8 Å². The zero-order chi connectivity index (χ0) is 29.5. The average molecular weight is 597 g/mol. The maximum atomic E-state index is 6.62. The summed E-state index contributed by atoms with van der Waals surface area (Å²) in [5.74, 6) is 2.03. The maximum Gasteiger partial charge on any atom is 0.136 e. The molecule has 5 aromatic carbocycles. The van der Waals surface area contributed by atoms with Crippen molar-refractivity contribution in [2.75, 3.05) is 0 Å². The van der Waals surface area contributed by atoms with Crippen LogP contribution in [0, 0.1) is 0 Å². The Morgan fingerprint density at radius 1 is 0.711 bits per heavy atom. The zero-order valence-electron chi connectivity index (χ0n) is 24.5. The molecule has 3 aromatic heterocycles. The van der Waals surface area contributed by atoms with Crippen LogP contribution in [0.2, 0.25) is 0 Å². The third kappa shape index (κ3) is 3.82. The molecule has 3 nitrogen and oxygen atoms in total. The second-order valence-electron chi connectivity index (χ2n) is 12.3. The van der Waals surface area contributed by atoms with Crippen LogP contribution in [0.1, 0.15) is 58.6 Å². The van der Waals surface area contributed by atoms with Gasteiger partial charge in [0, 0.05) is 27.0 Å². The van der Waals surface area contributed by atoms with Crippen molar-refractivity contribution in [1.82, 2.24) is 9.97 Å². The number of aryl methyl sites for hydroxylation is 1. The van der Waals surface area contributed by atoms with Crippen molar-refractivity contribution < 1.29 is 4.42 Å². The summed E-state index contributed by atoms with van der Waals surface area (Å²) in [7, 11) is 0. The van der Waals surface area contributed by atoms with E-state index in [9.17, 15) is 0 Å². The van der Waals surface area contributed by atoms with Gasteiger partial charge < -0.3 is 4.42 Å². The van der Waals surface area contributed by atoms with Crippen LogP contribution in [0.3, 0.4) is 0 Å². The van der Waals surface area contributed by atoms with E-state index in [2.05, 4.69) is 115 Å². The SMILES string of the molecule is C1=Cc2c(oc3ccccc23)C(c2nc(C3CCc4cc5ccccc5cc4-c4ccccc43)nc3c2sc2ccccc23)C1. The minimum atomic E-state index is 0.0261. The van der Waals surface area contributed by atoms with Gasteiger partial charge in [-0.2, -0.15) is 0 Å². The van der Waals surface area contributed by atoms with Crippen molar-refractivity contribution in [1.29, 1.82) is 0 Å². The second kappa shape index (κ2) is 9.72. The first-order valence-electron chi connectivity index (χ1n) is 15.8. The Morgan fingerprint density at radius 2 is 1.49 bits per heavy atom. The summed E-state index contributed by atoms with van der Waals surface area (Å²) >= 11 is 1.81. The molecule has 0 N–H and O–H groups in total. The summed E-state index contributed by atoms with van der Waals surface area (Å²) in [6.45, 7) is 0. The van der Waals surface area contributed by atoms with Gasteiger partial charge in [-0.15, -0.1) is 11.3 Å². The molecule has 45 heavy (non-hydrogen) atoms. The predicted octanol–water partition coefficient (Wildman–Crippen LogP) is 11.0. The molecule has 8 aromatic rings. The molecule has 0 saturated carbocycles. The highest BCUT2D eigenvalue weighted by atomic mass is 32.1. The molecule has 2 atom stereocenters. The average Bonchev–Trinajstić information content (AvgIpc) is 3.62. The molecule has 4 heteroatoms. The summed E-state index contributed by atoms with van der Waals surface area (Å²) in [5.41, 5.74) is 9.60. The smallest absolute Gasteiger partial charge is 0.136 e. The number of hydrogen-bond donors (Lipinski definition) is 0. The lowest BCUT2D eigenvalue weighted by atomic mass is 9.88. The summed E-state index contributed by atoms with van der Waals surface area (Å²) in [6, 6.07) is 39.4. The first-order valence-corrected chi connectivity index (χ1v) is 16.6. The molecule has 0 fully saturated rings. The van der Waals surface area contributed by atoms with Gasteiger partial charge in [-0.1, -0.05) is 103 Å². The number of hydrogen-bond acceptors (Lipinski definition) is 4. The van der Waals surface area contributed by atoms with Gasteiger partial charge in [-0.3, -0.25) is 0 Å². The molecule has 0 radical (unpaired) electrons. The van der Waals surface area contributed by atoms with Crippen molar-refractivity contribution in [3.63, 3.8) is 0 Å². The number of rotatable bonds is 2. The number of aromatic nitrogens is 2. The lowest BCUT2D eigenvalue weighted by Crippen LogP contribution is -2.13. The predicted molar refractivity (Wildman–Crippen MR) is 186 cm³/mol. The Labute approximate surface area is 264 Å². The van der Waals surface area contributed by atoms with E-state index in [1.165, 1.54) is 53.4 Å². The summed E-state index contributed by atoms with van der Waals surface area (Å²) in [6.07, 6.45) is 7.30. The Morgan fingerprint density at radius 3 is 2.42 bits per heavy atom. The van der Waals surface area contributed by atoms with Crippen molar-refractivity contribution in [3.05, 3.63) is 149 Å². The minimum Gasteiger partial charge on any atom is -0.460 e. The van der Waals surface area contributed by atoms with Crippen molar-refractivity contribution in [3.8, 4) is 11.1 Å². The van der Waals surface area contributed by atoms with Gasteiger partial charge in [0.05, 0.1) is 21.8 Å². The molecular formula is C41H28N2OS. The van der Waals surface area contributed by atoms with E-state index in [1.807, 2.05) is 17.4 Å². The molecule has 10 rings (SSSR count). The van der Waals surface area contributed by atoms with Crippen LogP contribution in [0.4, 0.5) is 0 Å². The van der Waals surface area contributed by atoms with Gasteiger partial charge >= 0.3 is 0 Å². The highest BCUT2D eigenvalue weighted by molar-refractivity contribution is 7.25. The van der Waals surface area contributed by atoms with Gasteiger partial charge in [0.2, 0.25) is 0 Å². The third-order valence-electron chi connectivity index (χ3n) is 9.84. The molecule has 2 unspecified atom stereocenters. The Hall–Kier alpha value is -5.06. The van der Waals surface area contributed by atoms with E-state index in [0.29, 0.717) is 0 Å². The number of fused-ring (bicyclic) bond motifs is 10. The Balaban J connectivity index is 1.21. The molecule has 0 spiro atoms. The third-order valence-corrected chi connectivity index (χ3v) is 11.0. The van der Waals surface area contributed by atoms with Gasteiger partial charge in [-0.25, -0.2) is 9.97 Å². The van der Waals surface area contributed by atoms with Crippen LogP contribution < -0.4 is 0 Å². The standard InChI is InChI=1S/C41H28N2OS/c1-2-11-25-23-34-26(22-24(25)10-1)20-21-31(27-12-3-4-13-28(27)34)41-42-37-32-15-6-8-19-36(32)45-40(37)38(43-41)33-17-9-16-30-29-14-5-7-18-35(29)44-39(30)33/h1-16,18-19,22-23,31,33H,17,20-21H2. The van der Waals surface area contributed by atoms with Crippen molar-refractivity contribution in [2.24, 2.45) is 0 Å². The Kier molecular flexibility index (Phi) is 5.46. The van der Waals surface area contributed by atoms with Crippen LogP contribution in [0.25, 0.3) is 59.2 Å². The van der Waals surface area contributed by atoms with Gasteiger partial charge in [0.25, 0.3) is 0 Å². The largest absolute Gasteiger partial charge is 0.460 e. The summed E-state index contributed by atoms with van der Waals surface area (Å²) < 4.78 is 9.03. The first kappa shape index (κ1) is 25.3. The van der Waals surface area contributed by atoms with Gasteiger partial charge in [-0.05, 0) is 70.5 Å². The number of furan rings is 1. The van der Waals surface area contributed by atoms with E-state index in [4.69, 9.17) is 14.4 Å². The number of para-hydroxylation sites is 1.